The lowest BCUT2D eigenvalue weighted by atomic mass is 9.84. The third-order valence-electron chi connectivity index (χ3n) is 3.75. The van der Waals surface area contributed by atoms with Crippen molar-refractivity contribution in [2.75, 3.05) is 0 Å². The quantitative estimate of drug-likeness (QED) is 0.831. The van der Waals surface area contributed by atoms with Crippen LogP contribution in [-0.4, -0.2) is 6.04 Å². The van der Waals surface area contributed by atoms with Crippen LogP contribution in [0.2, 0.25) is 0 Å². The summed E-state index contributed by atoms with van der Waals surface area (Å²) in [5, 5.41) is 3.69. The van der Waals surface area contributed by atoms with Crippen molar-refractivity contribution < 1.29 is 0 Å². The molecule has 0 aromatic carbocycles. The Morgan fingerprint density at radius 1 is 1.31 bits per heavy atom. The van der Waals surface area contributed by atoms with Crippen LogP contribution in [-0.2, 0) is 6.54 Å². The van der Waals surface area contributed by atoms with Crippen molar-refractivity contribution in [2.45, 2.75) is 58.5 Å². The Bertz CT molecular complexity index is 312. The number of thiophene rings is 1. The van der Waals surface area contributed by atoms with Crippen LogP contribution in [0.3, 0.4) is 0 Å². The zero-order chi connectivity index (χ0) is 11.4. The Balaban J connectivity index is 1.76. The molecular formula is C14H23NS. The summed E-state index contributed by atoms with van der Waals surface area (Å²) < 4.78 is 0. The molecule has 2 rings (SSSR count). The molecule has 1 nitrogen and oxygen atoms in total. The van der Waals surface area contributed by atoms with E-state index in [-0.39, 0.29) is 0 Å². The summed E-state index contributed by atoms with van der Waals surface area (Å²) in [4.78, 5) is 2.89. The van der Waals surface area contributed by atoms with Gasteiger partial charge in [-0.15, -0.1) is 11.3 Å². The zero-order valence-electron chi connectivity index (χ0n) is 10.5. The van der Waals surface area contributed by atoms with Gasteiger partial charge in [0.25, 0.3) is 0 Å². The lowest BCUT2D eigenvalue weighted by molar-refractivity contribution is 0.281. The highest BCUT2D eigenvalue weighted by molar-refractivity contribution is 7.11. The minimum absolute atomic E-state index is 0.683. The smallest absolute Gasteiger partial charge is 0.0302 e. The second-order valence-corrected chi connectivity index (χ2v) is 6.45. The minimum atomic E-state index is 0.683. The highest BCUT2D eigenvalue weighted by atomic mass is 32.1. The van der Waals surface area contributed by atoms with Gasteiger partial charge < -0.3 is 5.32 Å². The Labute approximate surface area is 103 Å². The van der Waals surface area contributed by atoms with Gasteiger partial charge in [-0.25, -0.2) is 0 Å². The summed E-state index contributed by atoms with van der Waals surface area (Å²) in [5.74, 6) is 0.912. The molecule has 1 atom stereocenters. The van der Waals surface area contributed by atoms with Crippen LogP contribution >= 0.6 is 11.3 Å². The molecule has 0 amide bonds. The first-order valence-electron chi connectivity index (χ1n) is 6.54. The van der Waals surface area contributed by atoms with Gasteiger partial charge in [0.1, 0.15) is 0 Å². The van der Waals surface area contributed by atoms with E-state index >= 15 is 0 Å². The zero-order valence-corrected chi connectivity index (χ0v) is 11.3. The third kappa shape index (κ3) is 3.33. The number of rotatable bonds is 4. The van der Waals surface area contributed by atoms with Crippen LogP contribution < -0.4 is 5.32 Å². The molecule has 0 spiro atoms. The molecule has 1 N–H and O–H groups in total. The maximum atomic E-state index is 3.69. The Hall–Kier alpha value is -0.340. The molecule has 1 heterocycles. The van der Waals surface area contributed by atoms with Gasteiger partial charge in [0, 0.05) is 22.3 Å². The third-order valence-corrected chi connectivity index (χ3v) is 4.75. The van der Waals surface area contributed by atoms with E-state index in [2.05, 4.69) is 31.3 Å². The topological polar surface area (TPSA) is 12.0 Å². The average molecular weight is 237 g/mol. The first-order chi connectivity index (χ1) is 7.75. The monoisotopic (exact) mass is 237 g/mol. The van der Waals surface area contributed by atoms with Gasteiger partial charge in [0.05, 0.1) is 0 Å². The van der Waals surface area contributed by atoms with E-state index in [9.17, 15) is 0 Å². The average Bonchev–Trinajstić information content (AvgIpc) is 2.73. The van der Waals surface area contributed by atoms with Crippen LogP contribution in [0.15, 0.2) is 12.1 Å². The standard InChI is InChI=1S/C14H23NS/c1-11-8-9-14(16-11)10-15-12(2)13-6-4-3-5-7-13/h8-9,12-13,15H,3-7,10H2,1-2H3/t12-/m1/s1. The Morgan fingerprint density at radius 2 is 2.06 bits per heavy atom. The summed E-state index contributed by atoms with van der Waals surface area (Å²) in [5.41, 5.74) is 0. The molecule has 0 radical (unpaired) electrons. The van der Waals surface area contributed by atoms with Crippen LogP contribution in [0.5, 0.6) is 0 Å². The largest absolute Gasteiger partial charge is 0.309 e. The summed E-state index contributed by atoms with van der Waals surface area (Å²) in [6.07, 6.45) is 7.19. The van der Waals surface area contributed by atoms with Crippen LogP contribution in [0.4, 0.5) is 0 Å². The fourth-order valence-electron chi connectivity index (χ4n) is 2.64. The van der Waals surface area contributed by atoms with Gasteiger partial charge in [0.2, 0.25) is 0 Å². The normalized spacial score (nSPS) is 19.9. The fraction of sp³-hybridized carbons (Fsp3) is 0.714. The molecule has 0 unspecified atom stereocenters. The number of hydrogen-bond donors (Lipinski definition) is 1. The minimum Gasteiger partial charge on any atom is -0.309 e. The van der Waals surface area contributed by atoms with Gasteiger partial charge in [-0.3, -0.25) is 0 Å². The summed E-state index contributed by atoms with van der Waals surface area (Å²) in [6.45, 7) is 5.59. The molecule has 0 saturated heterocycles. The SMILES string of the molecule is Cc1ccc(CN[C@H](C)C2CCCCC2)s1. The van der Waals surface area contributed by atoms with E-state index in [1.807, 2.05) is 11.3 Å². The number of nitrogens with one attached hydrogen (secondary N) is 1. The molecule has 16 heavy (non-hydrogen) atoms. The maximum absolute atomic E-state index is 3.69. The van der Waals surface area contributed by atoms with E-state index in [0.717, 1.165) is 12.5 Å². The predicted octanol–water partition coefficient (Wildman–Crippen LogP) is 4.11. The molecule has 1 aliphatic carbocycles. The van der Waals surface area contributed by atoms with Crippen molar-refractivity contribution in [1.29, 1.82) is 0 Å². The fourth-order valence-corrected chi connectivity index (χ4v) is 3.48. The van der Waals surface area contributed by atoms with Gasteiger partial charge in [-0.1, -0.05) is 19.3 Å². The molecule has 1 aromatic rings. The summed E-state index contributed by atoms with van der Waals surface area (Å²) >= 11 is 1.91. The van der Waals surface area contributed by atoms with Gasteiger partial charge in [-0.2, -0.15) is 0 Å². The molecule has 1 saturated carbocycles. The number of aryl methyl sites for hydroxylation is 1. The maximum Gasteiger partial charge on any atom is 0.0302 e. The van der Waals surface area contributed by atoms with E-state index in [4.69, 9.17) is 0 Å². The first kappa shape index (κ1) is 12.1. The van der Waals surface area contributed by atoms with Crippen molar-refractivity contribution in [1.82, 2.24) is 5.32 Å². The van der Waals surface area contributed by atoms with Gasteiger partial charge in [-0.05, 0) is 44.7 Å². The lowest BCUT2D eigenvalue weighted by Crippen LogP contribution is -2.33. The highest BCUT2D eigenvalue weighted by Gasteiger charge is 2.19. The van der Waals surface area contributed by atoms with Crippen LogP contribution in [0, 0.1) is 12.8 Å². The van der Waals surface area contributed by atoms with E-state index in [1.165, 1.54) is 41.9 Å². The first-order valence-corrected chi connectivity index (χ1v) is 7.36. The molecule has 1 aliphatic rings. The number of hydrogen-bond acceptors (Lipinski definition) is 2. The second-order valence-electron chi connectivity index (χ2n) is 5.08. The molecule has 1 aromatic heterocycles. The van der Waals surface area contributed by atoms with Crippen molar-refractivity contribution in [3.8, 4) is 0 Å². The Morgan fingerprint density at radius 3 is 2.69 bits per heavy atom. The van der Waals surface area contributed by atoms with E-state index in [0.29, 0.717) is 6.04 Å². The molecule has 90 valence electrons. The van der Waals surface area contributed by atoms with Crippen molar-refractivity contribution >= 4 is 11.3 Å². The predicted molar refractivity (Wildman–Crippen MR) is 71.9 cm³/mol. The van der Waals surface area contributed by atoms with Crippen molar-refractivity contribution in [3.05, 3.63) is 21.9 Å². The lowest BCUT2D eigenvalue weighted by Gasteiger charge is -2.28. The van der Waals surface area contributed by atoms with Gasteiger partial charge in [0.15, 0.2) is 0 Å². The van der Waals surface area contributed by atoms with Crippen LogP contribution in [0.25, 0.3) is 0 Å². The summed E-state index contributed by atoms with van der Waals surface area (Å²) in [7, 11) is 0. The molecule has 0 bridgehead atoms. The molecule has 2 heteroatoms. The molecule has 0 aliphatic heterocycles. The highest BCUT2D eigenvalue weighted by Crippen LogP contribution is 2.26. The van der Waals surface area contributed by atoms with Crippen molar-refractivity contribution in [3.63, 3.8) is 0 Å². The van der Waals surface area contributed by atoms with E-state index in [1.54, 1.807) is 0 Å². The van der Waals surface area contributed by atoms with E-state index < -0.39 is 0 Å². The second kappa shape index (κ2) is 5.83. The molecular weight excluding hydrogens is 214 g/mol. The van der Waals surface area contributed by atoms with Gasteiger partial charge >= 0.3 is 0 Å². The van der Waals surface area contributed by atoms with Crippen molar-refractivity contribution in [2.24, 2.45) is 5.92 Å². The van der Waals surface area contributed by atoms with Crippen LogP contribution in [0.1, 0.15) is 48.8 Å². The molecule has 1 fully saturated rings. The summed E-state index contributed by atoms with van der Waals surface area (Å²) in [6, 6.07) is 5.15. The Kier molecular flexibility index (Phi) is 4.42.